The Labute approximate surface area is 176 Å². The number of esters is 1. The first kappa shape index (κ1) is 24.3. The smallest absolute Gasteiger partial charge is 0.303 e. The highest BCUT2D eigenvalue weighted by Crippen LogP contribution is 2.51. The van der Waals surface area contributed by atoms with Crippen molar-refractivity contribution in [2.24, 2.45) is 23.7 Å². The summed E-state index contributed by atoms with van der Waals surface area (Å²) in [5.41, 5.74) is 0.248. The van der Waals surface area contributed by atoms with Crippen molar-refractivity contribution < 1.29 is 24.1 Å². The van der Waals surface area contributed by atoms with Crippen LogP contribution in [-0.4, -0.2) is 74.7 Å². The van der Waals surface area contributed by atoms with E-state index in [0.717, 1.165) is 38.0 Å². The van der Waals surface area contributed by atoms with Gasteiger partial charge in [0.05, 0.1) is 18.8 Å². The minimum absolute atomic E-state index is 0.0970. The number of hydrogen-bond donors (Lipinski definition) is 1. The molecule has 0 aromatic heterocycles. The van der Waals surface area contributed by atoms with Gasteiger partial charge in [-0.2, -0.15) is 0 Å². The molecule has 0 saturated heterocycles. The highest BCUT2D eigenvalue weighted by atomic mass is 16.5. The molecule has 168 valence electrons. The van der Waals surface area contributed by atoms with E-state index in [1.165, 1.54) is 6.92 Å². The van der Waals surface area contributed by atoms with E-state index in [0.29, 0.717) is 31.5 Å². The van der Waals surface area contributed by atoms with Gasteiger partial charge in [0.2, 0.25) is 0 Å². The Morgan fingerprint density at radius 1 is 1.28 bits per heavy atom. The van der Waals surface area contributed by atoms with E-state index in [4.69, 9.17) is 14.2 Å². The van der Waals surface area contributed by atoms with Gasteiger partial charge in [-0.05, 0) is 43.1 Å². The van der Waals surface area contributed by atoms with E-state index < -0.39 is 5.60 Å². The summed E-state index contributed by atoms with van der Waals surface area (Å²) in [6.07, 6.45) is 4.49. The molecule has 2 rings (SSSR count). The van der Waals surface area contributed by atoms with E-state index >= 15 is 0 Å². The van der Waals surface area contributed by atoms with Crippen molar-refractivity contribution in [1.29, 1.82) is 0 Å². The summed E-state index contributed by atoms with van der Waals surface area (Å²) in [5.74, 6) is 0.834. The van der Waals surface area contributed by atoms with Crippen LogP contribution in [-0.2, 0) is 19.0 Å². The number of aliphatic hydroxyl groups is 1. The number of carbonyl (C=O) groups is 1. The van der Waals surface area contributed by atoms with E-state index in [1.54, 1.807) is 14.2 Å². The minimum atomic E-state index is -0.819. The van der Waals surface area contributed by atoms with Gasteiger partial charge >= 0.3 is 5.97 Å². The fourth-order valence-electron chi connectivity index (χ4n) is 5.28. The first-order valence-corrected chi connectivity index (χ1v) is 11.0. The SMILES string of the molecule is COCCN(CCOC)CC(C)[C@@H]1CC[C@@H](C)[C@]2(O)C[C@@H](OC(C)=O)C(C)=C[C@H]12. The summed E-state index contributed by atoms with van der Waals surface area (Å²) in [6, 6.07) is 0. The lowest BCUT2D eigenvalue weighted by molar-refractivity contribution is -0.159. The maximum atomic E-state index is 11.7. The van der Waals surface area contributed by atoms with Crippen LogP contribution in [0.3, 0.4) is 0 Å². The molecule has 1 N–H and O–H groups in total. The van der Waals surface area contributed by atoms with Crippen LogP contribution >= 0.6 is 0 Å². The van der Waals surface area contributed by atoms with Crippen LogP contribution in [0.5, 0.6) is 0 Å². The monoisotopic (exact) mass is 411 g/mol. The molecule has 0 amide bonds. The van der Waals surface area contributed by atoms with Crippen molar-refractivity contribution in [2.45, 2.75) is 58.7 Å². The van der Waals surface area contributed by atoms with Gasteiger partial charge in [0.25, 0.3) is 0 Å². The van der Waals surface area contributed by atoms with Crippen LogP contribution in [0.15, 0.2) is 11.6 Å². The quantitative estimate of drug-likeness (QED) is 0.440. The van der Waals surface area contributed by atoms with Crippen molar-refractivity contribution >= 4 is 5.97 Å². The van der Waals surface area contributed by atoms with Crippen LogP contribution in [0.2, 0.25) is 0 Å². The topological polar surface area (TPSA) is 68.2 Å². The number of methoxy groups -OCH3 is 2. The molecule has 1 fully saturated rings. The highest BCUT2D eigenvalue weighted by molar-refractivity contribution is 5.66. The maximum Gasteiger partial charge on any atom is 0.303 e. The molecule has 1 unspecified atom stereocenters. The maximum absolute atomic E-state index is 11.7. The lowest BCUT2D eigenvalue weighted by Gasteiger charge is -2.53. The van der Waals surface area contributed by atoms with Crippen LogP contribution in [0.1, 0.15) is 47.0 Å². The molecule has 2 aliphatic carbocycles. The van der Waals surface area contributed by atoms with Crippen LogP contribution < -0.4 is 0 Å². The number of carbonyl (C=O) groups excluding carboxylic acids is 1. The Balaban J connectivity index is 2.17. The molecule has 2 aliphatic rings. The molecule has 0 bridgehead atoms. The third kappa shape index (κ3) is 6.03. The van der Waals surface area contributed by atoms with Crippen molar-refractivity contribution in [3.8, 4) is 0 Å². The molecule has 0 aromatic rings. The van der Waals surface area contributed by atoms with Crippen LogP contribution in [0.25, 0.3) is 0 Å². The molecule has 0 aliphatic heterocycles. The summed E-state index contributed by atoms with van der Waals surface area (Å²) in [6.45, 7) is 12.0. The van der Waals surface area contributed by atoms with Gasteiger partial charge in [0.15, 0.2) is 0 Å². The lowest BCUT2D eigenvalue weighted by Crippen LogP contribution is -2.56. The van der Waals surface area contributed by atoms with Crippen molar-refractivity contribution in [3.63, 3.8) is 0 Å². The lowest BCUT2D eigenvalue weighted by atomic mass is 9.57. The summed E-state index contributed by atoms with van der Waals surface area (Å²) < 4.78 is 16.1. The second kappa shape index (κ2) is 10.9. The van der Waals surface area contributed by atoms with E-state index in [2.05, 4.69) is 24.8 Å². The predicted octanol–water partition coefficient (Wildman–Crippen LogP) is 2.89. The Morgan fingerprint density at radius 3 is 2.45 bits per heavy atom. The molecule has 0 heterocycles. The number of fused-ring (bicyclic) bond motifs is 1. The Morgan fingerprint density at radius 2 is 1.90 bits per heavy atom. The largest absolute Gasteiger partial charge is 0.458 e. The second-order valence-corrected chi connectivity index (χ2v) is 9.14. The van der Waals surface area contributed by atoms with Gasteiger partial charge in [0.1, 0.15) is 6.10 Å². The molecular weight excluding hydrogens is 370 g/mol. The number of ether oxygens (including phenoxy) is 3. The van der Waals surface area contributed by atoms with E-state index in [-0.39, 0.29) is 23.9 Å². The average Bonchev–Trinajstić information content (AvgIpc) is 2.66. The van der Waals surface area contributed by atoms with E-state index in [1.807, 2.05) is 6.92 Å². The third-order valence-electron chi connectivity index (χ3n) is 7.10. The molecule has 6 heteroatoms. The summed E-state index contributed by atoms with van der Waals surface area (Å²) in [4.78, 5) is 13.9. The molecule has 0 spiro atoms. The van der Waals surface area contributed by atoms with Gasteiger partial charge in [-0.15, -0.1) is 0 Å². The van der Waals surface area contributed by atoms with Crippen molar-refractivity contribution in [3.05, 3.63) is 11.6 Å². The predicted molar refractivity (Wildman–Crippen MR) is 114 cm³/mol. The zero-order valence-corrected chi connectivity index (χ0v) is 19.1. The minimum Gasteiger partial charge on any atom is -0.458 e. The summed E-state index contributed by atoms with van der Waals surface area (Å²) >= 11 is 0. The third-order valence-corrected chi connectivity index (χ3v) is 7.10. The van der Waals surface area contributed by atoms with Crippen molar-refractivity contribution in [2.75, 3.05) is 47.1 Å². The average molecular weight is 412 g/mol. The van der Waals surface area contributed by atoms with E-state index in [9.17, 15) is 9.90 Å². The Hall–Kier alpha value is -0.950. The fraction of sp³-hybridized carbons (Fsp3) is 0.870. The number of rotatable bonds is 10. The molecule has 0 aromatic carbocycles. The highest BCUT2D eigenvalue weighted by Gasteiger charge is 2.52. The van der Waals surface area contributed by atoms with Gasteiger partial charge in [0, 0.05) is 53.1 Å². The number of hydrogen-bond acceptors (Lipinski definition) is 6. The standard InChI is InChI=1S/C23H41NO5/c1-16-13-21-20(17(2)15-24(9-11-27-5)10-12-28-6)8-7-18(3)23(21,26)14-22(16)29-19(4)25/h13,17-18,20-22,26H,7-12,14-15H2,1-6H3/t17?,18-,20+,21-,22-,23-/m1/s1. The van der Waals surface area contributed by atoms with Crippen molar-refractivity contribution in [1.82, 2.24) is 4.90 Å². The van der Waals surface area contributed by atoms with Gasteiger partial charge in [-0.3, -0.25) is 9.69 Å². The molecule has 29 heavy (non-hydrogen) atoms. The fourth-order valence-corrected chi connectivity index (χ4v) is 5.28. The zero-order valence-electron chi connectivity index (χ0n) is 19.1. The zero-order chi connectivity index (χ0) is 21.6. The molecule has 6 atom stereocenters. The Kier molecular flexibility index (Phi) is 9.14. The van der Waals surface area contributed by atoms with Gasteiger partial charge < -0.3 is 19.3 Å². The van der Waals surface area contributed by atoms with Gasteiger partial charge in [-0.25, -0.2) is 0 Å². The normalized spacial score (nSPS) is 33.2. The van der Waals surface area contributed by atoms with Crippen LogP contribution in [0, 0.1) is 23.7 Å². The first-order chi connectivity index (χ1) is 13.7. The molecule has 6 nitrogen and oxygen atoms in total. The molecule has 1 saturated carbocycles. The number of nitrogens with zero attached hydrogens (tertiary/aromatic N) is 1. The first-order valence-electron chi connectivity index (χ1n) is 11.0. The molecular formula is C23H41NO5. The second-order valence-electron chi connectivity index (χ2n) is 9.14. The van der Waals surface area contributed by atoms with Gasteiger partial charge in [-0.1, -0.05) is 19.9 Å². The molecule has 0 radical (unpaired) electrons. The Bertz CT molecular complexity index is 557. The summed E-state index contributed by atoms with van der Waals surface area (Å²) in [7, 11) is 3.46. The summed E-state index contributed by atoms with van der Waals surface area (Å²) in [5, 5.41) is 11.7. The van der Waals surface area contributed by atoms with Crippen LogP contribution in [0.4, 0.5) is 0 Å².